The maximum atomic E-state index is 13.1. The maximum Gasteiger partial charge on any atom is 0.420 e. The zero-order valence-corrected chi connectivity index (χ0v) is 13.2. The third kappa shape index (κ3) is 4.87. The number of hydrogen-bond acceptors (Lipinski definition) is 3. The summed E-state index contributed by atoms with van der Waals surface area (Å²) in [7, 11) is 0. The maximum absolute atomic E-state index is 13.1. The summed E-state index contributed by atoms with van der Waals surface area (Å²) in [5, 5.41) is 8.78. The van der Waals surface area contributed by atoms with E-state index >= 15 is 0 Å². The molecule has 6 heteroatoms. The highest BCUT2D eigenvalue weighted by atomic mass is 19.4. The number of halogens is 3. The molecule has 1 saturated heterocycles. The number of nitriles is 1. The van der Waals surface area contributed by atoms with Gasteiger partial charge in [0.25, 0.3) is 0 Å². The standard InChI is InChI=1S/C17H21F3N2O/c1-2-3-8-22-9-6-14(7-10-22)23-16-5-4-13(12-21)11-15(16)17(18,19)20/h4-5,11,14H,2-3,6-10H2,1H3. The van der Waals surface area contributed by atoms with Crippen LogP contribution in [-0.4, -0.2) is 30.6 Å². The molecule has 3 nitrogen and oxygen atoms in total. The molecule has 0 bridgehead atoms. The van der Waals surface area contributed by atoms with Gasteiger partial charge in [-0.2, -0.15) is 18.4 Å². The van der Waals surface area contributed by atoms with E-state index in [2.05, 4.69) is 11.8 Å². The Morgan fingerprint density at radius 1 is 1.30 bits per heavy atom. The summed E-state index contributed by atoms with van der Waals surface area (Å²) >= 11 is 0. The first-order valence-electron chi connectivity index (χ1n) is 7.94. The summed E-state index contributed by atoms with van der Waals surface area (Å²) in [6.07, 6.45) is -1.01. The molecule has 0 radical (unpaired) electrons. The summed E-state index contributed by atoms with van der Waals surface area (Å²) in [5.74, 6) is -0.177. The molecule has 23 heavy (non-hydrogen) atoms. The van der Waals surface area contributed by atoms with E-state index in [-0.39, 0.29) is 17.4 Å². The number of ether oxygens (including phenoxy) is 1. The van der Waals surface area contributed by atoms with Gasteiger partial charge in [0, 0.05) is 13.1 Å². The molecule has 1 aromatic rings. The second kappa shape index (κ2) is 7.69. The molecule has 0 unspecified atom stereocenters. The molecule has 1 heterocycles. The molecule has 0 atom stereocenters. The topological polar surface area (TPSA) is 36.3 Å². The molecule has 0 amide bonds. The van der Waals surface area contributed by atoms with Crippen LogP contribution in [0.3, 0.4) is 0 Å². The SMILES string of the molecule is CCCCN1CCC(Oc2ccc(C#N)cc2C(F)(F)F)CC1. The summed E-state index contributed by atoms with van der Waals surface area (Å²) in [6.45, 7) is 4.87. The van der Waals surface area contributed by atoms with Crippen molar-refractivity contribution in [1.82, 2.24) is 4.90 Å². The highest BCUT2D eigenvalue weighted by molar-refractivity contribution is 5.43. The zero-order chi connectivity index (χ0) is 16.9. The number of benzene rings is 1. The van der Waals surface area contributed by atoms with Crippen molar-refractivity contribution in [3.05, 3.63) is 29.3 Å². The Morgan fingerprint density at radius 3 is 2.57 bits per heavy atom. The summed E-state index contributed by atoms with van der Waals surface area (Å²) in [6, 6.07) is 5.20. The number of nitrogens with zero attached hydrogens (tertiary/aromatic N) is 2. The Balaban J connectivity index is 2.02. The van der Waals surface area contributed by atoms with Gasteiger partial charge in [0.05, 0.1) is 17.2 Å². The Bertz CT molecular complexity index is 558. The molecular weight excluding hydrogens is 305 g/mol. The van der Waals surface area contributed by atoms with Gasteiger partial charge >= 0.3 is 6.18 Å². The summed E-state index contributed by atoms with van der Waals surface area (Å²) < 4.78 is 45.0. The monoisotopic (exact) mass is 326 g/mol. The first kappa shape index (κ1) is 17.6. The Hall–Kier alpha value is -1.74. The van der Waals surface area contributed by atoms with Crippen LogP contribution in [-0.2, 0) is 6.18 Å². The van der Waals surface area contributed by atoms with Gasteiger partial charge in [0.2, 0.25) is 0 Å². The minimum Gasteiger partial charge on any atom is -0.490 e. The van der Waals surface area contributed by atoms with Crippen LogP contribution in [0, 0.1) is 11.3 Å². The molecule has 1 aliphatic rings. The first-order chi connectivity index (χ1) is 10.9. The van der Waals surface area contributed by atoms with Crippen LogP contribution >= 0.6 is 0 Å². The predicted molar refractivity (Wildman–Crippen MR) is 81.2 cm³/mol. The van der Waals surface area contributed by atoms with E-state index < -0.39 is 11.7 Å². The molecule has 1 fully saturated rings. The fourth-order valence-electron chi connectivity index (χ4n) is 2.74. The number of hydrogen-bond donors (Lipinski definition) is 0. The first-order valence-corrected chi connectivity index (χ1v) is 7.94. The largest absolute Gasteiger partial charge is 0.490 e. The fourth-order valence-corrected chi connectivity index (χ4v) is 2.74. The molecule has 0 saturated carbocycles. The van der Waals surface area contributed by atoms with Gasteiger partial charge in [0.15, 0.2) is 0 Å². The minimum atomic E-state index is -4.52. The van der Waals surface area contributed by atoms with Crippen molar-refractivity contribution in [3.8, 4) is 11.8 Å². The Kier molecular flexibility index (Phi) is 5.89. The summed E-state index contributed by atoms with van der Waals surface area (Å²) in [5.41, 5.74) is -0.885. The number of likely N-dealkylation sites (tertiary alicyclic amines) is 1. The molecule has 126 valence electrons. The predicted octanol–water partition coefficient (Wildman–Crippen LogP) is 4.22. The van der Waals surface area contributed by atoms with Crippen molar-refractivity contribution in [2.75, 3.05) is 19.6 Å². The van der Waals surface area contributed by atoms with E-state index in [1.54, 1.807) is 6.07 Å². The van der Waals surface area contributed by atoms with E-state index in [4.69, 9.17) is 10.00 Å². The summed E-state index contributed by atoms with van der Waals surface area (Å²) in [4.78, 5) is 2.33. The van der Waals surface area contributed by atoms with Gasteiger partial charge in [-0.3, -0.25) is 0 Å². The van der Waals surface area contributed by atoms with Crippen molar-refractivity contribution < 1.29 is 17.9 Å². The quantitative estimate of drug-likeness (QED) is 0.813. The fraction of sp³-hybridized carbons (Fsp3) is 0.588. The van der Waals surface area contributed by atoms with Crippen LogP contribution in [0.2, 0.25) is 0 Å². The van der Waals surface area contributed by atoms with Crippen molar-refractivity contribution in [1.29, 1.82) is 5.26 Å². The minimum absolute atomic E-state index is 0.0148. The molecule has 0 spiro atoms. The van der Waals surface area contributed by atoms with Crippen molar-refractivity contribution in [2.45, 2.75) is 44.9 Å². The average Bonchev–Trinajstić information content (AvgIpc) is 2.53. The van der Waals surface area contributed by atoms with Crippen LogP contribution in [0.4, 0.5) is 13.2 Å². The highest BCUT2D eigenvalue weighted by Crippen LogP contribution is 2.37. The molecule has 0 N–H and O–H groups in total. The smallest absolute Gasteiger partial charge is 0.420 e. The number of rotatable bonds is 5. The van der Waals surface area contributed by atoms with Gasteiger partial charge < -0.3 is 9.64 Å². The van der Waals surface area contributed by atoms with E-state index in [1.807, 2.05) is 0 Å². The Labute approximate surface area is 134 Å². The lowest BCUT2D eigenvalue weighted by atomic mass is 10.1. The van der Waals surface area contributed by atoms with Crippen molar-refractivity contribution in [3.63, 3.8) is 0 Å². The van der Waals surface area contributed by atoms with Gasteiger partial charge in [-0.05, 0) is 44.0 Å². The molecule has 1 aliphatic heterocycles. The van der Waals surface area contributed by atoms with Crippen LogP contribution in [0.25, 0.3) is 0 Å². The lowest BCUT2D eigenvalue weighted by molar-refractivity contribution is -0.139. The van der Waals surface area contributed by atoms with E-state index in [0.29, 0.717) is 0 Å². The molecule has 1 aromatic carbocycles. The number of alkyl halides is 3. The third-order valence-corrected chi connectivity index (χ3v) is 4.07. The molecular formula is C17H21F3N2O. The molecule has 0 aliphatic carbocycles. The Morgan fingerprint density at radius 2 is 2.00 bits per heavy atom. The lowest BCUT2D eigenvalue weighted by Crippen LogP contribution is -2.38. The van der Waals surface area contributed by atoms with Gasteiger partial charge in [0.1, 0.15) is 11.9 Å². The van der Waals surface area contributed by atoms with Crippen molar-refractivity contribution >= 4 is 0 Å². The number of piperidine rings is 1. The van der Waals surface area contributed by atoms with E-state index in [9.17, 15) is 13.2 Å². The van der Waals surface area contributed by atoms with E-state index in [1.165, 1.54) is 12.1 Å². The number of unbranched alkanes of at least 4 members (excludes halogenated alkanes) is 1. The molecule has 0 aromatic heterocycles. The van der Waals surface area contributed by atoms with Crippen LogP contribution < -0.4 is 4.74 Å². The van der Waals surface area contributed by atoms with E-state index in [0.717, 1.165) is 51.4 Å². The highest BCUT2D eigenvalue weighted by Gasteiger charge is 2.35. The normalized spacial score (nSPS) is 17.0. The van der Waals surface area contributed by atoms with Crippen LogP contribution in [0.1, 0.15) is 43.7 Å². The average molecular weight is 326 g/mol. The third-order valence-electron chi connectivity index (χ3n) is 4.07. The second-order valence-electron chi connectivity index (χ2n) is 5.83. The molecule has 2 rings (SSSR count). The van der Waals surface area contributed by atoms with Crippen LogP contribution in [0.5, 0.6) is 5.75 Å². The van der Waals surface area contributed by atoms with Gasteiger partial charge in [-0.25, -0.2) is 0 Å². The zero-order valence-electron chi connectivity index (χ0n) is 13.2. The van der Waals surface area contributed by atoms with Crippen LogP contribution in [0.15, 0.2) is 18.2 Å². The second-order valence-corrected chi connectivity index (χ2v) is 5.83. The van der Waals surface area contributed by atoms with Gasteiger partial charge in [-0.1, -0.05) is 13.3 Å². The van der Waals surface area contributed by atoms with Gasteiger partial charge in [-0.15, -0.1) is 0 Å². The lowest BCUT2D eigenvalue weighted by Gasteiger charge is -2.32. The van der Waals surface area contributed by atoms with Crippen molar-refractivity contribution in [2.24, 2.45) is 0 Å².